The highest BCUT2D eigenvalue weighted by Gasteiger charge is 2.39. The van der Waals surface area contributed by atoms with Crippen molar-refractivity contribution in [1.29, 1.82) is 0 Å². The Bertz CT molecular complexity index is 602. The standard InChI is InChI=1S/C21H31Cl2NO2/c1-20(2)8-6-16(7-9-20)24-12-10-21(25-3,11-13-24)15-26-17-4-5-18(22)19(23)14-17/h4-5,14,16H,6-13,15H2,1-3H3. The molecule has 2 fully saturated rings. The summed E-state index contributed by atoms with van der Waals surface area (Å²) in [5, 5.41) is 1.06. The van der Waals surface area contributed by atoms with Gasteiger partial charge in [0.1, 0.15) is 18.0 Å². The van der Waals surface area contributed by atoms with Gasteiger partial charge in [0, 0.05) is 32.3 Å². The maximum atomic E-state index is 6.08. The van der Waals surface area contributed by atoms with Crippen LogP contribution in [0.4, 0.5) is 0 Å². The van der Waals surface area contributed by atoms with E-state index in [-0.39, 0.29) is 5.60 Å². The van der Waals surface area contributed by atoms with Crippen LogP contribution in [0.3, 0.4) is 0 Å². The summed E-state index contributed by atoms with van der Waals surface area (Å²) in [5.41, 5.74) is 0.312. The average Bonchev–Trinajstić information content (AvgIpc) is 2.63. The number of hydrogen-bond acceptors (Lipinski definition) is 3. The molecule has 3 rings (SSSR count). The Kier molecular flexibility index (Phi) is 6.44. The maximum absolute atomic E-state index is 6.08. The quantitative estimate of drug-likeness (QED) is 0.622. The molecule has 1 aromatic rings. The van der Waals surface area contributed by atoms with Crippen LogP contribution in [0.5, 0.6) is 5.75 Å². The van der Waals surface area contributed by atoms with Crippen molar-refractivity contribution >= 4 is 23.2 Å². The number of ether oxygens (including phenoxy) is 2. The van der Waals surface area contributed by atoms with Crippen LogP contribution < -0.4 is 4.74 Å². The monoisotopic (exact) mass is 399 g/mol. The summed E-state index contributed by atoms with van der Waals surface area (Å²) in [6.45, 7) is 7.52. The summed E-state index contributed by atoms with van der Waals surface area (Å²) < 4.78 is 11.9. The number of nitrogens with zero attached hydrogens (tertiary/aromatic N) is 1. The first kappa shape index (κ1) is 20.3. The molecule has 0 radical (unpaired) electrons. The molecule has 0 aromatic heterocycles. The number of benzene rings is 1. The van der Waals surface area contributed by atoms with Gasteiger partial charge in [-0.25, -0.2) is 0 Å². The van der Waals surface area contributed by atoms with Gasteiger partial charge in [0.25, 0.3) is 0 Å². The van der Waals surface area contributed by atoms with Gasteiger partial charge in [-0.2, -0.15) is 0 Å². The molecule has 0 N–H and O–H groups in total. The lowest BCUT2D eigenvalue weighted by molar-refractivity contribution is -0.0912. The number of hydrogen-bond donors (Lipinski definition) is 0. The molecule has 1 saturated heterocycles. The fourth-order valence-corrected chi connectivity index (χ4v) is 4.52. The zero-order valence-corrected chi connectivity index (χ0v) is 17.7. The van der Waals surface area contributed by atoms with Crippen LogP contribution in [0, 0.1) is 5.41 Å². The van der Waals surface area contributed by atoms with Crippen LogP contribution in [0.1, 0.15) is 52.4 Å². The predicted molar refractivity (Wildman–Crippen MR) is 109 cm³/mol. The maximum Gasteiger partial charge on any atom is 0.121 e. The summed E-state index contributed by atoms with van der Waals surface area (Å²) >= 11 is 12.1. The first-order valence-corrected chi connectivity index (χ1v) is 10.5. The minimum Gasteiger partial charge on any atom is -0.491 e. The molecule has 1 aromatic carbocycles. The van der Waals surface area contributed by atoms with Gasteiger partial charge in [-0.05, 0) is 56.1 Å². The van der Waals surface area contributed by atoms with E-state index < -0.39 is 0 Å². The highest BCUT2D eigenvalue weighted by molar-refractivity contribution is 6.42. The molecule has 1 aliphatic heterocycles. The SMILES string of the molecule is COC1(COc2ccc(Cl)c(Cl)c2)CCN(C2CCC(C)(C)CC2)CC1. The smallest absolute Gasteiger partial charge is 0.121 e. The van der Waals surface area contributed by atoms with Crippen molar-refractivity contribution < 1.29 is 9.47 Å². The molecule has 5 heteroatoms. The van der Waals surface area contributed by atoms with Crippen LogP contribution in [-0.4, -0.2) is 43.3 Å². The van der Waals surface area contributed by atoms with Crippen molar-refractivity contribution in [2.45, 2.75) is 64.0 Å². The van der Waals surface area contributed by atoms with Crippen molar-refractivity contribution in [1.82, 2.24) is 4.90 Å². The van der Waals surface area contributed by atoms with Crippen LogP contribution in [-0.2, 0) is 4.74 Å². The molecule has 0 atom stereocenters. The van der Waals surface area contributed by atoms with Crippen LogP contribution in [0.2, 0.25) is 10.0 Å². The lowest BCUT2D eigenvalue weighted by Crippen LogP contribution is -2.52. The molecule has 0 amide bonds. The molecule has 2 aliphatic rings. The number of likely N-dealkylation sites (tertiary alicyclic amines) is 1. The number of halogens is 2. The summed E-state index contributed by atoms with van der Waals surface area (Å²) in [5.74, 6) is 0.743. The fraction of sp³-hybridized carbons (Fsp3) is 0.714. The minimum absolute atomic E-state index is 0.212. The number of methoxy groups -OCH3 is 1. The first-order valence-electron chi connectivity index (χ1n) is 9.70. The van der Waals surface area contributed by atoms with Gasteiger partial charge >= 0.3 is 0 Å². The topological polar surface area (TPSA) is 21.7 Å². The highest BCUT2D eigenvalue weighted by Crippen LogP contribution is 2.38. The molecule has 3 nitrogen and oxygen atoms in total. The third-order valence-corrected chi connectivity index (χ3v) is 7.10. The van der Waals surface area contributed by atoms with Crippen LogP contribution in [0.15, 0.2) is 18.2 Å². The van der Waals surface area contributed by atoms with Crippen molar-refractivity contribution in [2.75, 3.05) is 26.8 Å². The van der Waals surface area contributed by atoms with E-state index in [1.54, 1.807) is 19.2 Å². The second-order valence-electron chi connectivity index (χ2n) is 8.68. The molecule has 1 aliphatic carbocycles. The normalized spacial score (nSPS) is 23.7. The Hall–Kier alpha value is -0.480. The van der Waals surface area contributed by atoms with E-state index in [4.69, 9.17) is 32.7 Å². The molecule has 146 valence electrons. The average molecular weight is 400 g/mol. The third-order valence-electron chi connectivity index (χ3n) is 6.36. The fourth-order valence-electron chi connectivity index (χ4n) is 4.23. The molecule has 0 spiro atoms. The van der Waals surface area contributed by atoms with E-state index in [0.29, 0.717) is 22.1 Å². The molecule has 0 bridgehead atoms. The zero-order chi connectivity index (χ0) is 18.8. The summed E-state index contributed by atoms with van der Waals surface area (Å²) in [6, 6.07) is 6.14. The Balaban J connectivity index is 1.52. The predicted octanol–water partition coefficient (Wildman–Crippen LogP) is 5.82. The van der Waals surface area contributed by atoms with Crippen LogP contribution in [0.25, 0.3) is 0 Å². The van der Waals surface area contributed by atoms with Gasteiger partial charge in [-0.1, -0.05) is 37.0 Å². The van der Waals surface area contributed by atoms with E-state index in [1.807, 2.05) is 6.07 Å². The van der Waals surface area contributed by atoms with Crippen LogP contribution >= 0.6 is 23.2 Å². The molecule has 1 saturated carbocycles. The zero-order valence-electron chi connectivity index (χ0n) is 16.2. The second kappa shape index (κ2) is 8.26. The lowest BCUT2D eigenvalue weighted by atomic mass is 9.75. The highest BCUT2D eigenvalue weighted by atomic mass is 35.5. The van der Waals surface area contributed by atoms with Crippen molar-refractivity contribution in [2.24, 2.45) is 5.41 Å². The van der Waals surface area contributed by atoms with Gasteiger partial charge in [-0.15, -0.1) is 0 Å². The van der Waals surface area contributed by atoms with Crippen molar-refractivity contribution in [3.05, 3.63) is 28.2 Å². The Labute approximate surface area is 167 Å². The van der Waals surface area contributed by atoms with E-state index in [9.17, 15) is 0 Å². The Morgan fingerprint density at radius 3 is 2.27 bits per heavy atom. The summed E-state index contributed by atoms with van der Waals surface area (Å²) in [6.07, 6.45) is 7.34. The van der Waals surface area contributed by atoms with Gasteiger partial charge in [0.05, 0.1) is 10.0 Å². The van der Waals surface area contributed by atoms with Gasteiger partial charge in [-0.3, -0.25) is 0 Å². The molecule has 26 heavy (non-hydrogen) atoms. The van der Waals surface area contributed by atoms with Crippen molar-refractivity contribution in [3.8, 4) is 5.75 Å². The van der Waals surface area contributed by atoms with E-state index in [0.717, 1.165) is 37.7 Å². The first-order chi connectivity index (χ1) is 12.3. The molecular weight excluding hydrogens is 369 g/mol. The third kappa shape index (κ3) is 4.86. The summed E-state index contributed by atoms with van der Waals surface area (Å²) in [4.78, 5) is 2.67. The molecule has 1 heterocycles. The Morgan fingerprint density at radius 2 is 1.69 bits per heavy atom. The van der Waals surface area contributed by atoms with Crippen molar-refractivity contribution in [3.63, 3.8) is 0 Å². The lowest BCUT2D eigenvalue weighted by Gasteiger charge is -2.46. The molecule has 0 unspecified atom stereocenters. The number of piperidine rings is 1. The van der Waals surface area contributed by atoms with E-state index in [1.165, 1.54) is 25.7 Å². The van der Waals surface area contributed by atoms with Gasteiger partial charge in [0.15, 0.2) is 0 Å². The molecular formula is C21H31Cl2NO2. The largest absolute Gasteiger partial charge is 0.491 e. The van der Waals surface area contributed by atoms with Gasteiger partial charge < -0.3 is 14.4 Å². The van der Waals surface area contributed by atoms with E-state index >= 15 is 0 Å². The second-order valence-corrected chi connectivity index (χ2v) is 9.50. The minimum atomic E-state index is -0.212. The summed E-state index contributed by atoms with van der Waals surface area (Å²) in [7, 11) is 1.80. The number of rotatable bonds is 5. The Morgan fingerprint density at radius 1 is 1.04 bits per heavy atom. The van der Waals surface area contributed by atoms with E-state index in [2.05, 4.69) is 18.7 Å². The van der Waals surface area contributed by atoms with Gasteiger partial charge in [0.2, 0.25) is 0 Å².